The second-order valence-corrected chi connectivity index (χ2v) is 6.48. The Labute approximate surface area is 127 Å². The van der Waals surface area contributed by atoms with E-state index in [1.807, 2.05) is 31.2 Å². The molecule has 0 aromatic heterocycles. The largest absolute Gasteiger partial charge is 0.481 e. The normalized spacial score (nSPS) is 14.7. The third kappa shape index (κ3) is 5.48. The maximum Gasteiger partial charge on any atom is 0.305 e. The molecule has 2 unspecified atom stereocenters. The molecule has 0 aliphatic carbocycles. The zero-order valence-electron chi connectivity index (χ0n) is 13.4. The Kier molecular flexibility index (Phi) is 6.37. The molecule has 0 aliphatic heterocycles. The van der Waals surface area contributed by atoms with Gasteiger partial charge < -0.3 is 15.5 Å². The Morgan fingerprint density at radius 1 is 1.24 bits per heavy atom. The van der Waals surface area contributed by atoms with Crippen molar-refractivity contribution < 1.29 is 15.0 Å². The van der Waals surface area contributed by atoms with E-state index in [0.717, 1.165) is 12.0 Å². The molecular formula is C17H27NO3. The first-order valence-electron chi connectivity index (χ1n) is 7.49. The monoisotopic (exact) mass is 293 g/mol. The molecule has 0 amide bonds. The number of carboxylic acid groups (broad SMARTS) is 1. The molecule has 1 aromatic rings. The third-order valence-corrected chi connectivity index (χ3v) is 3.55. The SMILES string of the molecule is CCCNC(CC(=O)O)C(O)c1ccc(C(C)(C)C)cc1. The zero-order valence-corrected chi connectivity index (χ0v) is 13.4. The van der Waals surface area contributed by atoms with Gasteiger partial charge in [-0.25, -0.2) is 0 Å². The predicted molar refractivity (Wildman–Crippen MR) is 84.4 cm³/mol. The lowest BCUT2D eigenvalue weighted by atomic mass is 9.86. The molecule has 4 heteroatoms. The molecule has 0 aliphatic rings. The quantitative estimate of drug-likeness (QED) is 0.723. The predicted octanol–water partition coefficient (Wildman–Crippen LogP) is 2.86. The number of hydrogen-bond donors (Lipinski definition) is 3. The van der Waals surface area contributed by atoms with Crippen molar-refractivity contribution in [1.29, 1.82) is 0 Å². The Hall–Kier alpha value is -1.39. The average molecular weight is 293 g/mol. The van der Waals surface area contributed by atoms with Crippen molar-refractivity contribution in [1.82, 2.24) is 5.32 Å². The maximum atomic E-state index is 10.9. The zero-order chi connectivity index (χ0) is 16.0. The molecule has 0 spiro atoms. The summed E-state index contributed by atoms with van der Waals surface area (Å²) < 4.78 is 0. The first-order chi connectivity index (χ1) is 9.75. The molecule has 0 fully saturated rings. The van der Waals surface area contributed by atoms with Crippen LogP contribution in [0.5, 0.6) is 0 Å². The van der Waals surface area contributed by atoms with E-state index in [0.29, 0.717) is 6.54 Å². The van der Waals surface area contributed by atoms with E-state index in [4.69, 9.17) is 5.11 Å². The number of aliphatic hydroxyl groups excluding tert-OH is 1. The number of benzene rings is 1. The average Bonchev–Trinajstić information content (AvgIpc) is 2.41. The molecule has 0 radical (unpaired) electrons. The second-order valence-electron chi connectivity index (χ2n) is 6.48. The summed E-state index contributed by atoms with van der Waals surface area (Å²) in [6.45, 7) is 9.10. The fourth-order valence-electron chi connectivity index (χ4n) is 2.23. The molecule has 21 heavy (non-hydrogen) atoms. The first-order valence-corrected chi connectivity index (χ1v) is 7.49. The second kappa shape index (κ2) is 7.57. The van der Waals surface area contributed by atoms with E-state index in [9.17, 15) is 9.90 Å². The van der Waals surface area contributed by atoms with Crippen molar-refractivity contribution in [3.63, 3.8) is 0 Å². The van der Waals surface area contributed by atoms with Crippen LogP contribution in [0.15, 0.2) is 24.3 Å². The minimum atomic E-state index is -0.908. The Bertz CT molecular complexity index is 448. The highest BCUT2D eigenvalue weighted by Crippen LogP contribution is 2.25. The molecule has 1 aromatic carbocycles. The highest BCUT2D eigenvalue weighted by molar-refractivity contribution is 5.67. The molecular weight excluding hydrogens is 266 g/mol. The lowest BCUT2D eigenvalue weighted by Crippen LogP contribution is -2.37. The van der Waals surface area contributed by atoms with E-state index >= 15 is 0 Å². The highest BCUT2D eigenvalue weighted by Gasteiger charge is 2.23. The van der Waals surface area contributed by atoms with Crippen molar-refractivity contribution in [2.45, 2.75) is 58.1 Å². The number of hydrogen-bond acceptors (Lipinski definition) is 3. The number of aliphatic carboxylic acids is 1. The summed E-state index contributed by atoms with van der Waals surface area (Å²) in [5, 5.41) is 22.5. The van der Waals surface area contributed by atoms with E-state index < -0.39 is 18.1 Å². The van der Waals surface area contributed by atoms with Crippen molar-refractivity contribution in [2.24, 2.45) is 0 Å². The Morgan fingerprint density at radius 2 is 1.81 bits per heavy atom. The van der Waals surface area contributed by atoms with Crippen LogP contribution in [0.1, 0.15) is 57.8 Å². The molecule has 4 nitrogen and oxygen atoms in total. The third-order valence-electron chi connectivity index (χ3n) is 3.55. The number of rotatable bonds is 7. The molecule has 1 rings (SSSR count). The van der Waals surface area contributed by atoms with Gasteiger partial charge in [0, 0.05) is 6.04 Å². The van der Waals surface area contributed by atoms with Crippen LogP contribution in [-0.4, -0.2) is 28.8 Å². The minimum absolute atomic E-state index is 0.0599. The van der Waals surface area contributed by atoms with Gasteiger partial charge in [-0.15, -0.1) is 0 Å². The molecule has 118 valence electrons. The van der Waals surface area contributed by atoms with Crippen LogP contribution in [-0.2, 0) is 10.2 Å². The number of carbonyl (C=O) groups is 1. The lowest BCUT2D eigenvalue weighted by molar-refractivity contribution is -0.138. The maximum absolute atomic E-state index is 10.9. The van der Waals surface area contributed by atoms with Crippen LogP contribution in [0.3, 0.4) is 0 Å². The Morgan fingerprint density at radius 3 is 2.24 bits per heavy atom. The highest BCUT2D eigenvalue weighted by atomic mass is 16.4. The van der Waals surface area contributed by atoms with Gasteiger partial charge in [0.05, 0.1) is 12.5 Å². The summed E-state index contributed by atoms with van der Waals surface area (Å²) in [5.41, 5.74) is 2.00. The number of aliphatic hydroxyl groups is 1. The molecule has 0 heterocycles. The van der Waals surface area contributed by atoms with Gasteiger partial charge in [-0.1, -0.05) is 52.0 Å². The van der Waals surface area contributed by atoms with Crippen molar-refractivity contribution in [3.05, 3.63) is 35.4 Å². The van der Waals surface area contributed by atoms with Gasteiger partial charge >= 0.3 is 5.97 Å². The van der Waals surface area contributed by atoms with E-state index in [1.54, 1.807) is 0 Å². The summed E-state index contributed by atoms with van der Waals surface area (Å²) in [4.78, 5) is 10.9. The molecule has 3 N–H and O–H groups in total. The minimum Gasteiger partial charge on any atom is -0.481 e. The van der Waals surface area contributed by atoms with Gasteiger partial charge in [-0.2, -0.15) is 0 Å². The summed E-state index contributed by atoms with van der Waals surface area (Å²) >= 11 is 0. The van der Waals surface area contributed by atoms with Crippen LogP contribution in [0.4, 0.5) is 0 Å². The topological polar surface area (TPSA) is 69.6 Å². The fraction of sp³-hybridized carbons (Fsp3) is 0.588. The molecule has 0 saturated heterocycles. The summed E-state index contributed by atoms with van der Waals surface area (Å²) in [6, 6.07) is 7.29. The lowest BCUT2D eigenvalue weighted by Gasteiger charge is -2.24. The van der Waals surface area contributed by atoms with Gasteiger partial charge in [0.25, 0.3) is 0 Å². The standard InChI is InChI=1S/C17H27NO3/c1-5-10-18-14(11-15(19)20)16(21)12-6-8-13(9-7-12)17(2,3)4/h6-9,14,16,18,21H,5,10-11H2,1-4H3,(H,19,20). The van der Waals surface area contributed by atoms with Crippen LogP contribution < -0.4 is 5.32 Å². The smallest absolute Gasteiger partial charge is 0.305 e. The van der Waals surface area contributed by atoms with Gasteiger partial charge in [-0.05, 0) is 29.5 Å². The number of nitrogens with one attached hydrogen (secondary N) is 1. The summed E-state index contributed by atoms with van der Waals surface area (Å²) in [6.07, 6.45) is -0.0183. The van der Waals surface area contributed by atoms with Gasteiger partial charge in [0.1, 0.15) is 0 Å². The van der Waals surface area contributed by atoms with Crippen molar-refractivity contribution in [3.8, 4) is 0 Å². The van der Waals surface area contributed by atoms with Crippen LogP contribution in [0.2, 0.25) is 0 Å². The Balaban J connectivity index is 2.87. The van der Waals surface area contributed by atoms with Crippen LogP contribution in [0, 0.1) is 0 Å². The van der Waals surface area contributed by atoms with Gasteiger partial charge in [0.15, 0.2) is 0 Å². The molecule has 0 saturated carbocycles. The fourth-order valence-corrected chi connectivity index (χ4v) is 2.23. The van der Waals surface area contributed by atoms with E-state index in [-0.39, 0.29) is 11.8 Å². The van der Waals surface area contributed by atoms with Gasteiger partial charge in [-0.3, -0.25) is 4.79 Å². The van der Waals surface area contributed by atoms with E-state index in [2.05, 4.69) is 26.1 Å². The van der Waals surface area contributed by atoms with Gasteiger partial charge in [0.2, 0.25) is 0 Å². The summed E-state index contributed by atoms with van der Waals surface area (Å²) in [5.74, 6) is -0.908. The molecule has 0 bridgehead atoms. The van der Waals surface area contributed by atoms with E-state index in [1.165, 1.54) is 5.56 Å². The first kappa shape index (κ1) is 17.7. The van der Waals surface area contributed by atoms with Crippen LogP contribution in [0.25, 0.3) is 0 Å². The summed E-state index contributed by atoms with van der Waals surface area (Å²) in [7, 11) is 0. The van der Waals surface area contributed by atoms with Crippen molar-refractivity contribution >= 4 is 5.97 Å². The van der Waals surface area contributed by atoms with Crippen molar-refractivity contribution in [2.75, 3.05) is 6.54 Å². The van der Waals surface area contributed by atoms with Crippen LogP contribution >= 0.6 is 0 Å². The number of carboxylic acids is 1. The molecule has 2 atom stereocenters.